The topological polar surface area (TPSA) is 64.3 Å². The van der Waals surface area contributed by atoms with Crippen molar-refractivity contribution in [1.29, 1.82) is 0 Å². The Labute approximate surface area is 108 Å². The minimum atomic E-state index is 0.0887. The first-order valence-corrected chi connectivity index (χ1v) is 6.41. The number of methoxy groups -OCH3 is 1. The van der Waals surface area contributed by atoms with Crippen LogP contribution in [0.4, 0.5) is 5.69 Å². The molecule has 0 radical (unpaired) electrons. The maximum atomic E-state index is 12.2. The van der Waals surface area contributed by atoms with E-state index in [1.807, 2.05) is 0 Å². The fourth-order valence-corrected chi connectivity index (χ4v) is 2.40. The lowest BCUT2D eigenvalue weighted by atomic mass is 9.96. The van der Waals surface area contributed by atoms with Gasteiger partial charge in [0.2, 0.25) is 0 Å². The first kappa shape index (κ1) is 12.9. The van der Waals surface area contributed by atoms with Crippen molar-refractivity contribution in [3.05, 3.63) is 23.8 Å². The number of para-hydroxylation sites is 1. The fraction of sp³-hybridized carbons (Fsp3) is 0.500. The summed E-state index contributed by atoms with van der Waals surface area (Å²) in [6.45, 7) is 1.01. The smallest absolute Gasteiger partial charge is 0.166 e. The molecule has 3 N–H and O–H groups in total. The Bertz CT molecular complexity index is 426. The van der Waals surface area contributed by atoms with Crippen molar-refractivity contribution in [2.45, 2.75) is 31.7 Å². The molecule has 1 aliphatic rings. The maximum absolute atomic E-state index is 12.2. The molecule has 1 aliphatic heterocycles. The Morgan fingerprint density at radius 1 is 1.50 bits per heavy atom. The zero-order valence-corrected chi connectivity index (χ0v) is 10.7. The highest BCUT2D eigenvalue weighted by Crippen LogP contribution is 2.26. The van der Waals surface area contributed by atoms with Crippen molar-refractivity contribution in [2.75, 3.05) is 19.4 Å². The molecule has 1 atom stereocenters. The molecule has 2 rings (SSSR count). The van der Waals surface area contributed by atoms with Crippen molar-refractivity contribution in [3.8, 4) is 5.75 Å². The highest BCUT2D eigenvalue weighted by molar-refractivity contribution is 6.02. The van der Waals surface area contributed by atoms with Crippen LogP contribution >= 0.6 is 0 Å². The molecule has 0 aliphatic carbocycles. The van der Waals surface area contributed by atoms with E-state index in [4.69, 9.17) is 10.5 Å². The van der Waals surface area contributed by atoms with E-state index in [0.29, 0.717) is 23.4 Å². The van der Waals surface area contributed by atoms with Gasteiger partial charge in [-0.05, 0) is 31.5 Å². The molecule has 0 bridgehead atoms. The lowest BCUT2D eigenvalue weighted by molar-refractivity contribution is 0.0964. The van der Waals surface area contributed by atoms with Crippen LogP contribution in [0.3, 0.4) is 0 Å². The summed E-state index contributed by atoms with van der Waals surface area (Å²) in [6.07, 6.45) is 3.97. The van der Waals surface area contributed by atoms with Crippen LogP contribution in [-0.2, 0) is 0 Å². The van der Waals surface area contributed by atoms with E-state index < -0.39 is 0 Å². The summed E-state index contributed by atoms with van der Waals surface area (Å²) in [4.78, 5) is 12.2. The molecule has 4 heteroatoms. The highest BCUT2D eigenvalue weighted by atomic mass is 16.5. The van der Waals surface area contributed by atoms with Crippen LogP contribution in [0.1, 0.15) is 36.0 Å². The molecule has 0 spiro atoms. The lowest BCUT2D eigenvalue weighted by Gasteiger charge is -2.23. The predicted octanol–water partition coefficient (Wildman–Crippen LogP) is 1.99. The molecule has 1 aromatic rings. The first-order valence-electron chi connectivity index (χ1n) is 6.41. The lowest BCUT2D eigenvalue weighted by Crippen LogP contribution is -2.35. The highest BCUT2D eigenvalue weighted by Gasteiger charge is 2.19. The van der Waals surface area contributed by atoms with Gasteiger partial charge in [0.1, 0.15) is 5.75 Å². The first-order chi connectivity index (χ1) is 8.72. The standard InChI is InChI=1S/C14H20N2O2/c1-18-13-7-4-6-11(14(13)15)12(17)9-10-5-2-3-8-16-10/h4,6-7,10,16H,2-3,5,8-9,15H2,1H3. The average Bonchev–Trinajstić information content (AvgIpc) is 2.40. The summed E-state index contributed by atoms with van der Waals surface area (Å²) < 4.78 is 5.13. The van der Waals surface area contributed by atoms with Crippen LogP contribution in [0, 0.1) is 0 Å². The normalized spacial score (nSPS) is 19.5. The number of rotatable bonds is 4. The Balaban J connectivity index is 2.08. The van der Waals surface area contributed by atoms with Crippen LogP contribution in [0.5, 0.6) is 5.75 Å². The van der Waals surface area contributed by atoms with E-state index in [-0.39, 0.29) is 11.8 Å². The van der Waals surface area contributed by atoms with Gasteiger partial charge in [-0.1, -0.05) is 12.5 Å². The minimum absolute atomic E-state index is 0.0887. The number of hydrogen-bond acceptors (Lipinski definition) is 4. The fourth-order valence-electron chi connectivity index (χ4n) is 2.40. The van der Waals surface area contributed by atoms with Crippen molar-refractivity contribution < 1.29 is 9.53 Å². The summed E-state index contributed by atoms with van der Waals surface area (Å²) in [7, 11) is 1.56. The number of carbonyl (C=O) groups is 1. The third-order valence-electron chi connectivity index (χ3n) is 3.43. The average molecular weight is 248 g/mol. The zero-order valence-electron chi connectivity index (χ0n) is 10.7. The zero-order chi connectivity index (χ0) is 13.0. The van der Waals surface area contributed by atoms with Gasteiger partial charge < -0.3 is 15.8 Å². The number of hydrogen-bond donors (Lipinski definition) is 2. The van der Waals surface area contributed by atoms with Crippen LogP contribution < -0.4 is 15.8 Å². The molecule has 0 aromatic heterocycles. The van der Waals surface area contributed by atoms with Gasteiger partial charge in [-0.2, -0.15) is 0 Å². The summed E-state index contributed by atoms with van der Waals surface area (Å²) in [5, 5.41) is 3.37. The summed E-state index contributed by atoms with van der Waals surface area (Å²) >= 11 is 0. The molecule has 4 nitrogen and oxygen atoms in total. The van der Waals surface area contributed by atoms with E-state index in [9.17, 15) is 4.79 Å². The number of nitrogens with one attached hydrogen (secondary N) is 1. The number of nitrogen functional groups attached to an aromatic ring is 1. The van der Waals surface area contributed by atoms with Gasteiger partial charge in [-0.15, -0.1) is 0 Å². The van der Waals surface area contributed by atoms with Crippen molar-refractivity contribution in [1.82, 2.24) is 5.32 Å². The van der Waals surface area contributed by atoms with Crippen LogP contribution in [0.25, 0.3) is 0 Å². The molecular weight excluding hydrogens is 228 g/mol. The van der Waals surface area contributed by atoms with Gasteiger partial charge in [-0.25, -0.2) is 0 Å². The van der Waals surface area contributed by atoms with Crippen LogP contribution in [-0.4, -0.2) is 25.5 Å². The van der Waals surface area contributed by atoms with Gasteiger partial charge in [-0.3, -0.25) is 4.79 Å². The monoisotopic (exact) mass is 248 g/mol. The molecule has 1 aromatic carbocycles. The van der Waals surface area contributed by atoms with Gasteiger partial charge >= 0.3 is 0 Å². The minimum Gasteiger partial charge on any atom is -0.495 e. The third kappa shape index (κ3) is 2.82. The van der Waals surface area contributed by atoms with Crippen molar-refractivity contribution in [2.24, 2.45) is 0 Å². The number of nitrogens with two attached hydrogens (primary N) is 1. The molecule has 0 saturated carbocycles. The SMILES string of the molecule is COc1cccc(C(=O)CC2CCCCN2)c1N. The predicted molar refractivity (Wildman–Crippen MR) is 72.0 cm³/mol. The molecule has 1 saturated heterocycles. The molecule has 98 valence electrons. The molecule has 18 heavy (non-hydrogen) atoms. The van der Waals surface area contributed by atoms with Gasteiger partial charge in [0.05, 0.1) is 12.8 Å². The van der Waals surface area contributed by atoms with E-state index in [2.05, 4.69) is 5.32 Å². The molecule has 1 fully saturated rings. The molecule has 1 heterocycles. The largest absolute Gasteiger partial charge is 0.495 e. The number of Topliss-reactive ketones (excluding diaryl/α,β-unsaturated/α-hetero) is 1. The second kappa shape index (κ2) is 5.87. The molecule has 1 unspecified atom stereocenters. The van der Waals surface area contributed by atoms with Crippen molar-refractivity contribution in [3.63, 3.8) is 0 Å². The Morgan fingerprint density at radius 3 is 3.00 bits per heavy atom. The maximum Gasteiger partial charge on any atom is 0.166 e. The summed E-state index contributed by atoms with van der Waals surface area (Å²) in [5.74, 6) is 0.656. The van der Waals surface area contributed by atoms with E-state index in [0.717, 1.165) is 13.0 Å². The number of carbonyl (C=O) groups excluding carboxylic acids is 1. The van der Waals surface area contributed by atoms with Crippen LogP contribution in [0.2, 0.25) is 0 Å². The Hall–Kier alpha value is -1.55. The molecule has 0 amide bonds. The number of anilines is 1. The van der Waals surface area contributed by atoms with Gasteiger partial charge in [0.25, 0.3) is 0 Å². The summed E-state index contributed by atoms with van der Waals surface area (Å²) in [6, 6.07) is 5.63. The van der Waals surface area contributed by atoms with E-state index in [1.165, 1.54) is 12.8 Å². The number of ether oxygens (including phenoxy) is 1. The van der Waals surface area contributed by atoms with Gasteiger partial charge in [0, 0.05) is 18.0 Å². The quantitative estimate of drug-likeness (QED) is 0.632. The Morgan fingerprint density at radius 2 is 2.33 bits per heavy atom. The second-order valence-electron chi connectivity index (χ2n) is 4.70. The Kier molecular flexibility index (Phi) is 4.20. The second-order valence-corrected chi connectivity index (χ2v) is 4.70. The van der Waals surface area contributed by atoms with E-state index in [1.54, 1.807) is 25.3 Å². The summed E-state index contributed by atoms with van der Waals surface area (Å²) in [5.41, 5.74) is 6.95. The number of benzene rings is 1. The van der Waals surface area contributed by atoms with Crippen molar-refractivity contribution >= 4 is 11.5 Å². The number of ketones is 1. The van der Waals surface area contributed by atoms with Gasteiger partial charge in [0.15, 0.2) is 5.78 Å². The van der Waals surface area contributed by atoms with Crippen LogP contribution in [0.15, 0.2) is 18.2 Å². The van der Waals surface area contributed by atoms with E-state index >= 15 is 0 Å². The molecular formula is C14H20N2O2. The third-order valence-corrected chi connectivity index (χ3v) is 3.43. The number of piperidine rings is 1.